The summed E-state index contributed by atoms with van der Waals surface area (Å²) in [4.78, 5) is 0.305. The summed E-state index contributed by atoms with van der Waals surface area (Å²) < 4.78 is 27.8. The first-order valence-electron chi connectivity index (χ1n) is 6.61. The Kier molecular flexibility index (Phi) is 4.58. The molecule has 1 heterocycles. The van der Waals surface area contributed by atoms with E-state index in [2.05, 4.69) is 21.8 Å². The van der Waals surface area contributed by atoms with Gasteiger partial charge < -0.3 is 0 Å². The van der Waals surface area contributed by atoms with Gasteiger partial charge in [0.15, 0.2) is 0 Å². The van der Waals surface area contributed by atoms with E-state index in [0.717, 1.165) is 25.0 Å². The molecule has 1 aromatic heterocycles. The SMILES string of the molecule is CCSC1CCCC1NS(=O)(=O)c1c(C)n[nH]c1C. The molecule has 7 heteroatoms. The lowest BCUT2D eigenvalue weighted by Crippen LogP contribution is -2.39. The van der Waals surface area contributed by atoms with Gasteiger partial charge in [-0.2, -0.15) is 16.9 Å². The van der Waals surface area contributed by atoms with Gasteiger partial charge in [-0.3, -0.25) is 5.10 Å². The number of aromatic nitrogens is 2. The first-order valence-corrected chi connectivity index (χ1v) is 9.14. The number of hydrogen-bond acceptors (Lipinski definition) is 4. The fourth-order valence-corrected chi connectivity index (χ4v) is 5.64. The van der Waals surface area contributed by atoms with E-state index >= 15 is 0 Å². The van der Waals surface area contributed by atoms with Crippen LogP contribution < -0.4 is 4.72 Å². The van der Waals surface area contributed by atoms with Crippen molar-refractivity contribution < 1.29 is 8.42 Å². The van der Waals surface area contributed by atoms with Crippen LogP contribution in [0.25, 0.3) is 0 Å². The largest absolute Gasteiger partial charge is 0.281 e. The van der Waals surface area contributed by atoms with Gasteiger partial charge >= 0.3 is 0 Å². The monoisotopic (exact) mass is 303 g/mol. The van der Waals surface area contributed by atoms with E-state index in [1.807, 2.05) is 11.8 Å². The standard InChI is InChI=1S/C12H21N3O2S2/c1-4-18-11-7-5-6-10(11)15-19(16,17)12-8(2)13-14-9(12)3/h10-11,15H,4-7H2,1-3H3,(H,13,14). The van der Waals surface area contributed by atoms with Crippen molar-refractivity contribution in [2.24, 2.45) is 0 Å². The number of sulfonamides is 1. The maximum Gasteiger partial charge on any atom is 0.244 e. The zero-order valence-electron chi connectivity index (χ0n) is 11.6. The Balaban J connectivity index is 2.18. The van der Waals surface area contributed by atoms with Crippen LogP contribution in [-0.4, -0.2) is 35.7 Å². The topological polar surface area (TPSA) is 74.8 Å². The van der Waals surface area contributed by atoms with Gasteiger partial charge in [0.05, 0.1) is 11.4 Å². The zero-order valence-corrected chi connectivity index (χ0v) is 13.2. The smallest absolute Gasteiger partial charge is 0.244 e. The van der Waals surface area contributed by atoms with Gasteiger partial charge in [-0.1, -0.05) is 13.3 Å². The molecule has 2 rings (SSSR count). The van der Waals surface area contributed by atoms with E-state index in [1.165, 1.54) is 0 Å². The lowest BCUT2D eigenvalue weighted by molar-refractivity contribution is 0.554. The minimum Gasteiger partial charge on any atom is -0.281 e. The maximum atomic E-state index is 12.5. The van der Waals surface area contributed by atoms with Crippen LogP contribution in [0.1, 0.15) is 37.6 Å². The molecule has 0 amide bonds. The second kappa shape index (κ2) is 5.85. The van der Waals surface area contributed by atoms with Crippen molar-refractivity contribution in [2.45, 2.75) is 56.2 Å². The summed E-state index contributed by atoms with van der Waals surface area (Å²) in [7, 11) is -3.47. The Hall–Kier alpha value is -0.530. The van der Waals surface area contributed by atoms with Crippen molar-refractivity contribution >= 4 is 21.8 Å². The Morgan fingerprint density at radius 2 is 2.16 bits per heavy atom. The van der Waals surface area contributed by atoms with Crippen LogP contribution in [0, 0.1) is 13.8 Å². The number of thioether (sulfide) groups is 1. The van der Waals surface area contributed by atoms with E-state index in [1.54, 1.807) is 13.8 Å². The summed E-state index contributed by atoms with van der Waals surface area (Å²) in [6.45, 7) is 5.56. The Morgan fingerprint density at radius 1 is 1.42 bits per heavy atom. The van der Waals surface area contributed by atoms with Crippen LogP contribution >= 0.6 is 11.8 Å². The summed E-state index contributed by atoms with van der Waals surface area (Å²) in [6, 6.07) is 0.0450. The Morgan fingerprint density at radius 3 is 2.74 bits per heavy atom. The average Bonchev–Trinajstić information content (AvgIpc) is 2.87. The molecule has 2 atom stereocenters. The molecule has 0 aliphatic heterocycles. The second-order valence-electron chi connectivity index (χ2n) is 4.92. The first-order chi connectivity index (χ1) is 8.95. The van der Waals surface area contributed by atoms with Crippen molar-refractivity contribution in [3.8, 4) is 0 Å². The van der Waals surface area contributed by atoms with E-state index in [-0.39, 0.29) is 6.04 Å². The molecule has 5 nitrogen and oxygen atoms in total. The third kappa shape index (κ3) is 3.14. The zero-order chi connectivity index (χ0) is 14.0. The first kappa shape index (κ1) is 14.9. The molecule has 19 heavy (non-hydrogen) atoms. The van der Waals surface area contributed by atoms with E-state index in [4.69, 9.17) is 0 Å². The lowest BCUT2D eigenvalue weighted by atomic mass is 10.3. The number of nitrogens with one attached hydrogen (secondary N) is 2. The molecule has 0 bridgehead atoms. The van der Waals surface area contributed by atoms with Crippen LogP contribution in [0.2, 0.25) is 0 Å². The Labute approximate surface area is 119 Å². The van der Waals surface area contributed by atoms with Crippen LogP contribution in [0.4, 0.5) is 0 Å². The molecule has 0 saturated heterocycles. The van der Waals surface area contributed by atoms with Gasteiger partial charge in [0.25, 0.3) is 0 Å². The highest BCUT2D eigenvalue weighted by atomic mass is 32.2. The number of hydrogen-bond donors (Lipinski definition) is 2. The molecule has 2 unspecified atom stereocenters. The minimum absolute atomic E-state index is 0.0450. The molecular weight excluding hydrogens is 282 g/mol. The fraction of sp³-hybridized carbons (Fsp3) is 0.750. The number of aryl methyl sites for hydroxylation is 2. The normalized spacial score (nSPS) is 23.9. The summed E-state index contributed by atoms with van der Waals surface area (Å²) >= 11 is 1.84. The third-order valence-electron chi connectivity index (χ3n) is 3.47. The number of nitrogens with zero attached hydrogens (tertiary/aromatic N) is 1. The summed E-state index contributed by atoms with van der Waals surface area (Å²) in [6.07, 6.45) is 3.11. The maximum absolute atomic E-state index is 12.5. The van der Waals surface area contributed by atoms with Gasteiger partial charge in [-0.15, -0.1) is 0 Å². The molecule has 1 aromatic rings. The van der Waals surface area contributed by atoms with E-state index in [9.17, 15) is 8.42 Å². The predicted octanol–water partition coefficient (Wildman–Crippen LogP) is 1.98. The van der Waals surface area contributed by atoms with Crippen molar-refractivity contribution in [1.29, 1.82) is 0 Å². The van der Waals surface area contributed by atoms with Crippen molar-refractivity contribution in [2.75, 3.05) is 5.75 Å². The quantitative estimate of drug-likeness (QED) is 0.872. The van der Waals surface area contributed by atoms with Crippen LogP contribution in [0.5, 0.6) is 0 Å². The summed E-state index contributed by atoms with van der Waals surface area (Å²) in [5, 5.41) is 7.09. The second-order valence-corrected chi connectivity index (χ2v) is 8.08. The van der Waals surface area contributed by atoms with Gasteiger partial charge in [-0.05, 0) is 32.4 Å². The molecule has 0 spiro atoms. The summed E-state index contributed by atoms with van der Waals surface area (Å²) in [5.41, 5.74) is 1.13. The van der Waals surface area contributed by atoms with Gasteiger partial charge in [0.2, 0.25) is 10.0 Å². The molecule has 2 N–H and O–H groups in total. The highest BCUT2D eigenvalue weighted by Gasteiger charge is 2.33. The van der Waals surface area contributed by atoms with Gasteiger partial charge in [0.1, 0.15) is 4.90 Å². The van der Waals surface area contributed by atoms with E-state index in [0.29, 0.717) is 21.5 Å². The predicted molar refractivity (Wildman–Crippen MR) is 77.9 cm³/mol. The van der Waals surface area contributed by atoms with Gasteiger partial charge in [0, 0.05) is 11.3 Å². The van der Waals surface area contributed by atoms with Crippen molar-refractivity contribution in [1.82, 2.24) is 14.9 Å². The molecule has 1 saturated carbocycles. The van der Waals surface area contributed by atoms with E-state index < -0.39 is 10.0 Å². The fourth-order valence-electron chi connectivity index (χ4n) is 2.67. The van der Waals surface area contributed by atoms with Crippen LogP contribution in [0.3, 0.4) is 0 Å². The highest BCUT2D eigenvalue weighted by Crippen LogP contribution is 2.31. The average molecular weight is 303 g/mol. The Bertz CT molecular complexity index is 520. The molecule has 1 aliphatic rings. The number of H-pyrrole nitrogens is 1. The molecule has 108 valence electrons. The number of rotatable bonds is 5. The molecule has 0 aromatic carbocycles. The lowest BCUT2D eigenvalue weighted by Gasteiger charge is -2.20. The molecular formula is C12H21N3O2S2. The molecule has 0 radical (unpaired) electrons. The third-order valence-corrected chi connectivity index (χ3v) is 6.55. The van der Waals surface area contributed by atoms with Gasteiger partial charge in [-0.25, -0.2) is 13.1 Å². The number of aromatic amines is 1. The van der Waals surface area contributed by atoms with Crippen molar-refractivity contribution in [3.63, 3.8) is 0 Å². The molecule has 1 aliphatic carbocycles. The summed E-state index contributed by atoms with van der Waals surface area (Å²) in [5.74, 6) is 1.02. The van der Waals surface area contributed by atoms with Crippen LogP contribution in [0.15, 0.2) is 4.90 Å². The minimum atomic E-state index is -3.47. The highest BCUT2D eigenvalue weighted by molar-refractivity contribution is 8.00. The van der Waals surface area contributed by atoms with Crippen LogP contribution in [-0.2, 0) is 10.0 Å². The molecule has 1 fully saturated rings. The van der Waals surface area contributed by atoms with Crippen molar-refractivity contribution in [3.05, 3.63) is 11.4 Å².